The summed E-state index contributed by atoms with van der Waals surface area (Å²) in [5.41, 5.74) is -0.401. The van der Waals surface area contributed by atoms with Crippen molar-refractivity contribution >= 4 is 5.97 Å². The van der Waals surface area contributed by atoms with Crippen molar-refractivity contribution in [3.8, 4) is 0 Å². The normalized spacial score (nSPS) is 20.2. The summed E-state index contributed by atoms with van der Waals surface area (Å²) in [6, 6.07) is -0.0583. The number of esters is 1. The third kappa shape index (κ3) is 4.34. The molecular formula is C15H25N3O2. The maximum Gasteiger partial charge on any atom is 0.323 e. The predicted octanol–water partition coefficient (Wildman–Crippen LogP) is 2.08. The minimum Gasteiger partial charge on any atom is -0.459 e. The third-order valence-electron chi connectivity index (χ3n) is 3.46. The first-order chi connectivity index (χ1) is 9.46. The lowest BCUT2D eigenvalue weighted by Crippen LogP contribution is -2.41. The van der Waals surface area contributed by atoms with Crippen molar-refractivity contribution < 1.29 is 9.53 Å². The van der Waals surface area contributed by atoms with Crippen molar-refractivity contribution in [2.24, 2.45) is 0 Å². The molecule has 1 atom stereocenters. The van der Waals surface area contributed by atoms with E-state index >= 15 is 0 Å². The van der Waals surface area contributed by atoms with Crippen LogP contribution in [-0.2, 0) is 16.1 Å². The van der Waals surface area contributed by atoms with Crippen molar-refractivity contribution in [1.29, 1.82) is 0 Å². The second-order valence-electron chi connectivity index (χ2n) is 6.38. The monoisotopic (exact) mass is 279 g/mol. The first-order valence-corrected chi connectivity index (χ1v) is 7.38. The molecule has 1 aromatic heterocycles. The van der Waals surface area contributed by atoms with Gasteiger partial charge in [0.1, 0.15) is 11.6 Å². The zero-order valence-corrected chi connectivity index (χ0v) is 12.7. The topological polar surface area (TPSA) is 47.4 Å². The first-order valence-electron chi connectivity index (χ1n) is 7.38. The van der Waals surface area contributed by atoms with Gasteiger partial charge < -0.3 is 9.30 Å². The van der Waals surface area contributed by atoms with Gasteiger partial charge in [0.05, 0.1) is 6.33 Å². The van der Waals surface area contributed by atoms with Gasteiger partial charge in [-0.25, -0.2) is 4.98 Å². The van der Waals surface area contributed by atoms with E-state index in [1.165, 1.54) is 0 Å². The van der Waals surface area contributed by atoms with Gasteiger partial charge in [0.2, 0.25) is 0 Å². The highest BCUT2D eigenvalue weighted by Crippen LogP contribution is 2.21. The zero-order chi connectivity index (χ0) is 14.6. The van der Waals surface area contributed by atoms with Crippen LogP contribution >= 0.6 is 0 Å². The molecule has 112 valence electrons. The first kappa shape index (κ1) is 15.0. The Hall–Kier alpha value is -1.36. The van der Waals surface area contributed by atoms with E-state index in [0.29, 0.717) is 0 Å². The van der Waals surface area contributed by atoms with Crippen molar-refractivity contribution in [3.05, 3.63) is 18.7 Å². The Kier molecular flexibility index (Phi) is 4.81. The number of rotatable bonds is 5. The molecule has 1 aromatic rings. The van der Waals surface area contributed by atoms with E-state index in [-0.39, 0.29) is 12.0 Å². The Morgan fingerprint density at radius 1 is 1.40 bits per heavy atom. The molecule has 0 amide bonds. The predicted molar refractivity (Wildman–Crippen MR) is 77.3 cm³/mol. The van der Waals surface area contributed by atoms with E-state index in [4.69, 9.17) is 4.74 Å². The van der Waals surface area contributed by atoms with Crippen LogP contribution in [0.5, 0.6) is 0 Å². The van der Waals surface area contributed by atoms with Gasteiger partial charge in [-0.05, 0) is 46.6 Å². The highest BCUT2D eigenvalue weighted by atomic mass is 16.6. The lowest BCUT2D eigenvalue weighted by molar-refractivity contribution is -0.160. The van der Waals surface area contributed by atoms with Crippen LogP contribution in [-0.4, -0.2) is 45.2 Å². The molecular weight excluding hydrogens is 254 g/mol. The zero-order valence-electron chi connectivity index (χ0n) is 12.7. The van der Waals surface area contributed by atoms with Crippen LogP contribution < -0.4 is 0 Å². The number of carbonyl (C=O) groups excluding carboxylic acids is 1. The summed E-state index contributed by atoms with van der Waals surface area (Å²) in [5, 5.41) is 0. The average Bonchev–Trinajstić information content (AvgIpc) is 2.97. The van der Waals surface area contributed by atoms with Crippen LogP contribution in [0.15, 0.2) is 18.7 Å². The summed E-state index contributed by atoms with van der Waals surface area (Å²) in [5.74, 6) is -0.0716. The van der Waals surface area contributed by atoms with Crippen LogP contribution in [0.3, 0.4) is 0 Å². The molecule has 20 heavy (non-hydrogen) atoms. The molecule has 1 saturated heterocycles. The maximum atomic E-state index is 12.2. The van der Waals surface area contributed by atoms with E-state index in [0.717, 1.165) is 38.9 Å². The molecule has 0 spiro atoms. The molecule has 1 aliphatic heterocycles. The summed E-state index contributed by atoms with van der Waals surface area (Å²) in [4.78, 5) is 18.5. The van der Waals surface area contributed by atoms with Gasteiger partial charge in [0.15, 0.2) is 0 Å². The van der Waals surface area contributed by atoms with Crippen molar-refractivity contribution in [2.75, 3.05) is 13.1 Å². The molecule has 2 heterocycles. The fraction of sp³-hybridized carbons (Fsp3) is 0.733. The van der Waals surface area contributed by atoms with Crippen molar-refractivity contribution in [2.45, 2.75) is 58.2 Å². The molecule has 0 radical (unpaired) electrons. The number of ether oxygens (including phenoxy) is 1. The highest BCUT2D eigenvalue weighted by Gasteiger charge is 2.33. The Labute approximate surface area is 120 Å². The van der Waals surface area contributed by atoms with Crippen molar-refractivity contribution in [3.63, 3.8) is 0 Å². The molecule has 0 saturated carbocycles. The molecule has 1 fully saturated rings. The minimum atomic E-state index is -0.401. The number of hydrogen-bond donors (Lipinski definition) is 0. The lowest BCUT2D eigenvalue weighted by atomic mass is 10.1. The molecule has 0 aliphatic carbocycles. The Morgan fingerprint density at radius 3 is 2.85 bits per heavy atom. The molecule has 0 aromatic carbocycles. The van der Waals surface area contributed by atoms with Gasteiger partial charge in [-0.1, -0.05) is 0 Å². The van der Waals surface area contributed by atoms with Crippen LogP contribution in [0.1, 0.15) is 40.0 Å². The van der Waals surface area contributed by atoms with E-state index in [2.05, 4.69) is 14.5 Å². The van der Waals surface area contributed by atoms with Gasteiger partial charge in [-0.15, -0.1) is 0 Å². The molecule has 2 rings (SSSR count). The summed E-state index contributed by atoms with van der Waals surface area (Å²) >= 11 is 0. The summed E-state index contributed by atoms with van der Waals surface area (Å²) in [6.45, 7) is 8.63. The number of nitrogens with zero attached hydrogens (tertiary/aromatic N) is 3. The molecule has 0 bridgehead atoms. The standard InChI is InChI=1S/C15H25N3O2/c1-15(2,3)20-14(19)13-6-4-9-18(13)10-5-8-17-11-7-16-12-17/h7,11-13H,4-6,8-10H2,1-3H3/t13-/m1/s1. The van der Waals surface area contributed by atoms with Gasteiger partial charge in [0, 0.05) is 25.5 Å². The van der Waals surface area contributed by atoms with E-state index in [1.807, 2.05) is 33.3 Å². The smallest absolute Gasteiger partial charge is 0.323 e. The number of hydrogen-bond acceptors (Lipinski definition) is 4. The fourth-order valence-corrected chi connectivity index (χ4v) is 2.61. The summed E-state index contributed by atoms with van der Waals surface area (Å²) in [6.07, 6.45) is 8.61. The van der Waals surface area contributed by atoms with E-state index < -0.39 is 5.60 Å². The van der Waals surface area contributed by atoms with Gasteiger partial charge in [0.25, 0.3) is 0 Å². The number of aromatic nitrogens is 2. The van der Waals surface area contributed by atoms with Crippen LogP contribution in [0.25, 0.3) is 0 Å². The summed E-state index contributed by atoms with van der Waals surface area (Å²) in [7, 11) is 0. The maximum absolute atomic E-state index is 12.2. The van der Waals surface area contributed by atoms with Crippen LogP contribution in [0, 0.1) is 0 Å². The Morgan fingerprint density at radius 2 is 2.20 bits per heavy atom. The number of imidazole rings is 1. The highest BCUT2D eigenvalue weighted by molar-refractivity contribution is 5.76. The third-order valence-corrected chi connectivity index (χ3v) is 3.46. The number of likely N-dealkylation sites (tertiary alicyclic amines) is 1. The molecule has 0 N–H and O–H groups in total. The van der Waals surface area contributed by atoms with Gasteiger partial charge >= 0.3 is 5.97 Å². The molecule has 5 heteroatoms. The minimum absolute atomic E-state index is 0.0583. The molecule has 1 aliphatic rings. The van der Waals surface area contributed by atoms with E-state index in [9.17, 15) is 4.79 Å². The second kappa shape index (κ2) is 6.39. The summed E-state index contributed by atoms with van der Waals surface area (Å²) < 4.78 is 7.58. The Balaban J connectivity index is 1.79. The number of carbonyl (C=O) groups is 1. The fourth-order valence-electron chi connectivity index (χ4n) is 2.61. The quantitative estimate of drug-likeness (QED) is 0.774. The molecule has 5 nitrogen and oxygen atoms in total. The largest absolute Gasteiger partial charge is 0.459 e. The molecule has 0 unspecified atom stereocenters. The van der Waals surface area contributed by atoms with Gasteiger partial charge in [-0.3, -0.25) is 9.69 Å². The number of aryl methyl sites for hydroxylation is 1. The average molecular weight is 279 g/mol. The SMILES string of the molecule is CC(C)(C)OC(=O)[C@H]1CCCN1CCCn1ccnc1. The van der Waals surface area contributed by atoms with Gasteiger partial charge in [-0.2, -0.15) is 0 Å². The lowest BCUT2D eigenvalue weighted by Gasteiger charge is -2.27. The Bertz CT molecular complexity index is 423. The van der Waals surface area contributed by atoms with Crippen molar-refractivity contribution in [1.82, 2.24) is 14.5 Å². The second-order valence-corrected chi connectivity index (χ2v) is 6.38. The van der Waals surface area contributed by atoms with E-state index in [1.54, 1.807) is 6.20 Å². The van der Waals surface area contributed by atoms with Crippen LogP contribution in [0.4, 0.5) is 0 Å². The van der Waals surface area contributed by atoms with Crippen LogP contribution in [0.2, 0.25) is 0 Å².